The SMILES string of the molecule is O=C(C[C@H](C(=O)N[C@H]1CC2C=[N+](CCOCCNC1=O)c1ccccc12)n1ccc(-c2ccccc2)c1)OCc1ccccc1. The van der Waals surface area contributed by atoms with E-state index in [-0.39, 0.29) is 24.9 Å². The quantitative estimate of drug-likeness (QED) is 0.230. The van der Waals surface area contributed by atoms with Crippen molar-refractivity contribution in [3.05, 3.63) is 115 Å². The molecule has 230 valence electrons. The Kier molecular flexibility index (Phi) is 9.46. The van der Waals surface area contributed by atoms with Gasteiger partial charge in [0.15, 0.2) is 12.8 Å². The molecule has 0 radical (unpaired) electrons. The Morgan fingerprint density at radius 1 is 0.956 bits per heavy atom. The van der Waals surface area contributed by atoms with E-state index in [4.69, 9.17) is 9.47 Å². The fraction of sp³-hybridized carbons (Fsp3) is 0.278. The summed E-state index contributed by atoms with van der Waals surface area (Å²) >= 11 is 0. The van der Waals surface area contributed by atoms with Crippen LogP contribution in [0.1, 0.15) is 35.9 Å². The van der Waals surface area contributed by atoms with Crippen LogP contribution in [0.5, 0.6) is 0 Å². The molecule has 2 amide bonds. The van der Waals surface area contributed by atoms with Crippen molar-refractivity contribution in [3.63, 3.8) is 0 Å². The number of hydrogen-bond acceptors (Lipinski definition) is 5. The number of nitrogens with zero attached hydrogens (tertiary/aromatic N) is 2. The topological polar surface area (TPSA) is 102 Å². The van der Waals surface area contributed by atoms with Gasteiger partial charge in [-0.25, -0.2) is 0 Å². The van der Waals surface area contributed by atoms with E-state index in [2.05, 4.69) is 33.6 Å². The summed E-state index contributed by atoms with van der Waals surface area (Å²) in [6.45, 7) is 2.04. The molecule has 6 rings (SSSR count). The van der Waals surface area contributed by atoms with Crippen LogP contribution in [0.3, 0.4) is 0 Å². The standard InChI is InChI=1S/C36H36N4O5/c41-34(45-25-26-9-3-1-4-10-26)22-33(39-17-15-28(23-39)27-11-5-2-6-12-27)36(43)38-31-21-29-24-40(32-14-8-7-13-30(29)32)18-20-44-19-16-37-35(31)42/h1-15,17,23-24,29,31,33H,16,18-22,25H2,(H-,37,38,42,43)/p+1/t29?,31-,33+/m0/s1. The largest absolute Gasteiger partial charge is 0.461 e. The molecule has 2 bridgehead atoms. The maximum absolute atomic E-state index is 14.1. The van der Waals surface area contributed by atoms with E-state index in [1.54, 1.807) is 10.8 Å². The van der Waals surface area contributed by atoms with E-state index in [0.29, 0.717) is 32.7 Å². The minimum atomic E-state index is -0.931. The molecular weight excluding hydrogens is 568 g/mol. The van der Waals surface area contributed by atoms with E-state index in [1.807, 2.05) is 85.1 Å². The van der Waals surface area contributed by atoms with Gasteiger partial charge in [-0.3, -0.25) is 14.4 Å². The van der Waals surface area contributed by atoms with Crippen molar-refractivity contribution in [3.8, 4) is 11.1 Å². The number of nitrogens with one attached hydrogen (secondary N) is 2. The van der Waals surface area contributed by atoms with E-state index in [0.717, 1.165) is 27.9 Å². The molecule has 0 spiro atoms. The molecule has 1 aromatic heterocycles. The highest BCUT2D eigenvalue weighted by Crippen LogP contribution is 2.34. The first-order valence-corrected chi connectivity index (χ1v) is 15.3. The molecule has 9 nitrogen and oxygen atoms in total. The zero-order valence-electron chi connectivity index (χ0n) is 25.0. The first-order chi connectivity index (χ1) is 22.0. The second-order valence-electron chi connectivity index (χ2n) is 11.3. The van der Waals surface area contributed by atoms with Crippen LogP contribution in [-0.4, -0.2) is 65.5 Å². The van der Waals surface area contributed by atoms with Crippen molar-refractivity contribution in [1.82, 2.24) is 15.2 Å². The lowest BCUT2D eigenvalue weighted by Gasteiger charge is -2.24. The molecule has 2 N–H and O–H groups in total. The van der Waals surface area contributed by atoms with Gasteiger partial charge in [0.2, 0.25) is 17.5 Å². The number of amides is 2. The second-order valence-corrected chi connectivity index (χ2v) is 11.3. The predicted octanol–water partition coefficient (Wildman–Crippen LogP) is 4.36. The van der Waals surface area contributed by atoms with Gasteiger partial charge in [0.1, 0.15) is 25.3 Å². The molecular formula is C36H37N4O5+. The van der Waals surface area contributed by atoms with Gasteiger partial charge in [-0.2, -0.15) is 4.58 Å². The molecule has 0 aliphatic carbocycles. The third-order valence-electron chi connectivity index (χ3n) is 8.24. The molecule has 4 aromatic rings. The molecule has 3 heterocycles. The maximum Gasteiger partial charge on any atom is 0.308 e. The lowest BCUT2D eigenvalue weighted by atomic mass is 9.93. The third-order valence-corrected chi connectivity index (χ3v) is 8.24. The Hall–Kier alpha value is -5.02. The first kappa shape index (κ1) is 30.0. The fourth-order valence-corrected chi connectivity index (χ4v) is 5.91. The van der Waals surface area contributed by atoms with Crippen LogP contribution in [0.2, 0.25) is 0 Å². The van der Waals surface area contributed by atoms with Crippen molar-refractivity contribution in [2.45, 2.75) is 37.5 Å². The number of esters is 1. The summed E-state index contributed by atoms with van der Waals surface area (Å²) in [4.78, 5) is 40.7. The van der Waals surface area contributed by atoms with E-state index in [1.165, 1.54) is 0 Å². The average Bonchev–Trinajstić information content (AvgIpc) is 3.70. The number of ether oxygens (including phenoxy) is 2. The smallest absolute Gasteiger partial charge is 0.308 e. The number of fused-ring (bicyclic) bond motifs is 4. The van der Waals surface area contributed by atoms with Crippen LogP contribution in [-0.2, 0) is 30.5 Å². The summed E-state index contributed by atoms with van der Waals surface area (Å²) in [5.41, 5.74) is 4.93. The predicted molar refractivity (Wildman–Crippen MR) is 170 cm³/mol. The number of hydrogen-bond donors (Lipinski definition) is 2. The Morgan fingerprint density at radius 2 is 1.71 bits per heavy atom. The number of rotatable bonds is 8. The molecule has 2 aliphatic rings. The van der Waals surface area contributed by atoms with Gasteiger partial charge < -0.3 is 24.7 Å². The van der Waals surface area contributed by atoms with Crippen LogP contribution in [0.4, 0.5) is 5.69 Å². The van der Waals surface area contributed by atoms with Crippen molar-refractivity contribution < 1.29 is 28.4 Å². The molecule has 45 heavy (non-hydrogen) atoms. The minimum absolute atomic E-state index is 0.0813. The van der Waals surface area contributed by atoms with Crippen LogP contribution in [0, 0.1) is 0 Å². The van der Waals surface area contributed by atoms with Crippen molar-refractivity contribution in [2.24, 2.45) is 0 Å². The van der Waals surface area contributed by atoms with Crippen LogP contribution >= 0.6 is 0 Å². The maximum atomic E-state index is 14.1. The van der Waals surface area contributed by atoms with E-state index < -0.39 is 24.0 Å². The average molecular weight is 606 g/mol. The first-order valence-electron chi connectivity index (χ1n) is 15.3. The van der Waals surface area contributed by atoms with Gasteiger partial charge in [0, 0.05) is 30.6 Å². The molecule has 0 saturated heterocycles. The Labute approximate surface area is 262 Å². The summed E-state index contributed by atoms with van der Waals surface area (Å²) < 4.78 is 15.2. The summed E-state index contributed by atoms with van der Waals surface area (Å²) in [5.74, 6) is -1.32. The molecule has 3 aromatic carbocycles. The molecule has 1 unspecified atom stereocenters. The summed E-state index contributed by atoms with van der Waals surface area (Å²) in [6, 6.07) is 27.5. The highest BCUT2D eigenvalue weighted by Gasteiger charge is 2.36. The number of para-hydroxylation sites is 1. The zero-order valence-corrected chi connectivity index (χ0v) is 25.0. The fourth-order valence-electron chi connectivity index (χ4n) is 5.91. The minimum Gasteiger partial charge on any atom is -0.461 e. The summed E-state index contributed by atoms with van der Waals surface area (Å²) in [6.07, 6.45) is 5.92. The van der Waals surface area contributed by atoms with Gasteiger partial charge >= 0.3 is 5.97 Å². The lowest BCUT2D eigenvalue weighted by molar-refractivity contribution is -0.437. The van der Waals surface area contributed by atoms with Crippen LogP contribution in [0.15, 0.2) is 103 Å². The Bertz CT molecular complexity index is 1670. The highest BCUT2D eigenvalue weighted by atomic mass is 16.5. The number of carbonyl (C=O) groups excluding carboxylic acids is 3. The third kappa shape index (κ3) is 7.38. The number of benzene rings is 3. The van der Waals surface area contributed by atoms with Crippen molar-refractivity contribution in [1.29, 1.82) is 0 Å². The van der Waals surface area contributed by atoms with E-state index >= 15 is 0 Å². The van der Waals surface area contributed by atoms with Crippen molar-refractivity contribution in [2.75, 3.05) is 26.3 Å². The lowest BCUT2D eigenvalue weighted by Crippen LogP contribution is -2.50. The molecule has 3 atom stereocenters. The van der Waals surface area contributed by atoms with Gasteiger partial charge in [-0.15, -0.1) is 0 Å². The van der Waals surface area contributed by atoms with Crippen LogP contribution < -0.4 is 10.6 Å². The number of carbonyl (C=O) groups is 3. The Morgan fingerprint density at radius 3 is 2.53 bits per heavy atom. The van der Waals surface area contributed by atoms with Gasteiger partial charge in [-0.1, -0.05) is 78.9 Å². The monoisotopic (exact) mass is 605 g/mol. The van der Waals surface area contributed by atoms with Gasteiger partial charge in [0.25, 0.3) is 0 Å². The summed E-state index contributed by atoms with van der Waals surface area (Å²) in [5, 5.41) is 5.92. The normalized spacial score (nSPS) is 18.8. The number of aromatic nitrogens is 1. The second kappa shape index (κ2) is 14.2. The molecule has 0 fully saturated rings. The molecule has 0 saturated carbocycles. The highest BCUT2D eigenvalue weighted by molar-refractivity contribution is 5.91. The van der Waals surface area contributed by atoms with E-state index in [9.17, 15) is 14.4 Å². The van der Waals surface area contributed by atoms with Gasteiger partial charge in [-0.05, 0) is 29.2 Å². The molecule has 2 aliphatic heterocycles. The zero-order chi connectivity index (χ0) is 31.0. The molecule has 9 heteroatoms. The summed E-state index contributed by atoms with van der Waals surface area (Å²) in [7, 11) is 0. The van der Waals surface area contributed by atoms with Crippen LogP contribution in [0.25, 0.3) is 11.1 Å². The van der Waals surface area contributed by atoms with Crippen molar-refractivity contribution >= 4 is 29.7 Å². The Balaban J connectivity index is 1.25. The van der Waals surface area contributed by atoms with Gasteiger partial charge in [0.05, 0.1) is 18.9 Å².